The Morgan fingerprint density at radius 2 is 2.08 bits per heavy atom. The summed E-state index contributed by atoms with van der Waals surface area (Å²) < 4.78 is 32.8. The van der Waals surface area contributed by atoms with Gasteiger partial charge in [0.2, 0.25) is 10.0 Å². The normalized spacial score (nSPS) is 18.4. The quantitative estimate of drug-likeness (QED) is 0.873. The third kappa shape index (κ3) is 3.90. The van der Waals surface area contributed by atoms with Gasteiger partial charge in [-0.15, -0.1) is 0 Å². The molecular formula is C17H25N3O4S. The molecule has 2 amide bonds. The second-order valence-corrected chi connectivity index (χ2v) is 8.28. The molecular weight excluding hydrogens is 342 g/mol. The van der Waals surface area contributed by atoms with E-state index in [0.717, 1.165) is 24.2 Å². The van der Waals surface area contributed by atoms with Gasteiger partial charge in [0.05, 0.1) is 11.5 Å². The molecule has 25 heavy (non-hydrogen) atoms. The molecule has 1 fully saturated rings. The molecule has 0 unspecified atom stereocenters. The van der Waals surface area contributed by atoms with Gasteiger partial charge in [0.25, 0.3) is 0 Å². The molecule has 1 N–H and O–H groups in total. The van der Waals surface area contributed by atoms with Crippen LogP contribution >= 0.6 is 0 Å². The summed E-state index contributed by atoms with van der Waals surface area (Å²) in [7, 11) is -3.55. The van der Waals surface area contributed by atoms with E-state index < -0.39 is 10.0 Å². The van der Waals surface area contributed by atoms with E-state index in [2.05, 4.69) is 5.32 Å². The van der Waals surface area contributed by atoms with E-state index in [9.17, 15) is 13.2 Å². The minimum atomic E-state index is -3.55. The van der Waals surface area contributed by atoms with Crippen LogP contribution in [0.4, 0.5) is 4.79 Å². The number of ether oxygens (including phenoxy) is 1. The van der Waals surface area contributed by atoms with Crippen LogP contribution in [0.25, 0.3) is 0 Å². The number of carbonyl (C=O) groups excluding carboxylic acids is 1. The summed E-state index contributed by atoms with van der Waals surface area (Å²) in [5.74, 6) is 0.772. The maximum absolute atomic E-state index is 13.0. The zero-order valence-electron chi connectivity index (χ0n) is 14.5. The maximum Gasteiger partial charge on any atom is 0.317 e. The van der Waals surface area contributed by atoms with Crippen molar-refractivity contribution in [1.82, 2.24) is 14.5 Å². The van der Waals surface area contributed by atoms with Gasteiger partial charge in [0, 0.05) is 39.1 Å². The number of nitrogens with one attached hydrogen (secondary N) is 1. The third-order valence-electron chi connectivity index (χ3n) is 4.57. The Labute approximate surface area is 149 Å². The lowest BCUT2D eigenvalue weighted by Gasteiger charge is -2.22. The smallest absolute Gasteiger partial charge is 0.317 e. The van der Waals surface area contributed by atoms with E-state index in [4.69, 9.17) is 4.74 Å². The first-order valence-corrected chi connectivity index (χ1v) is 10.2. The van der Waals surface area contributed by atoms with Crippen LogP contribution < -0.4 is 10.1 Å². The molecule has 2 aliphatic heterocycles. The number of hydrogen-bond donors (Lipinski definition) is 1. The topological polar surface area (TPSA) is 79.0 Å². The highest BCUT2D eigenvalue weighted by Crippen LogP contribution is 2.29. The van der Waals surface area contributed by atoms with Gasteiger partial charge in [0.1, 0.15) is 5.75 Å². The summed E-state index contributed by atoms with van der Waals surface area (Å²) in [6.07, 6.45) is 2.25. The molecule has 138 valence electrons. The van der Waals surface area contributed by atoms with Gasteiger partial charge in [-0.3, -0.25) is 0 Å². The van der Waals surface area contributed by atoms with Crippen molar-refractivity contribution in [3.63, 3.8) is 0 Å². The zero-order chi connectivity index (χ0) is 17.9. The number of benzene rings is 1. The second-order valence-electron chi connectivity index (χ2n) is 6.34. The van der Waals surface area contributed by atoms with E-state index in [1.807, 2.05) is 6.92 Å². The molecule has 1 aromatic rings. The van der Waals surface area contributed by atoms with Crippen LogP contribution in [0.2, 0.25) is 0 Å². The third-order valence-corrected chi connectivity index (χ3v) is 6.46. The van der Waals surface area contributed by atoms with Crippen molar-refractivity contribution in [3.8, 4) is 5.75 Å². The number of rotatable bonds is 4. The van der Waals surface area contributed by atoms with Crippen molar-refractivity contribution < 1.29 is 17.9 Å². The Balaban J connectivity index is 1.70. The van der Waals surface area contributed by atoms with E-state index in [1.165, 1.54) is 4.31 Å². The number of sulfonamides is 1. The van der Waals surface area contributed by atoms with Crippen molar-refractivity contribution >= 4 is 16.1 Å². The molecule has 0 aromatic heterocycles. The molecule has 2 aliphatic rings. The molecule has 7 nitrogen and oxygen atoms in total. The van der Waals surface area contributed by atoms with Crippen molar-refractivity contribution in [3.05, 3.63) is 23.8 Å². The highest BCUT2D eigenvalue weighted by Gasteiger charge is 2.29. The Morgan fingerprint density at radius 3 is 2.88 bits per heavy atom. The van der Waals surface area contributed by atoms with Crippen molar-refractivity contribution in [1.29, 1.82) is 0 Å². The number of hydrogen-bond acceptors (Lipinski definition) is 4. The molecule has 0 spiro atoms. The average Bonchev–Trinajstić information content (AvgIpc) is 2.93. The first-order chi connectivity index (χ1) is 12.0. The van der Waals surface area contributed by atoms with E-state index in [-0.39, 0.29) is 6.03 Å². The molecule has 1 saturated heterocycles. The van der Waals surface area contributed by atoms with Crippen molar-refractivity contribution in [2.24, 2.45) is 0 Å². The molecule has 1 aromatic carbocycles. The van der Waals surface area contributed by atoms with Crippen LogP contribution in [0.3, 0.4) is 0 Å². The van der Waals surface area contributed by atoms with Crippen LogP contribution in [0, 0.1) is 0 Å². The number of urea groups is 1. The second kappa shape index (κ2) is 7.61. The number of nitrogens with zero attached hydrogens (tertiary/aromatic N) is 2. The summed E-state index contributed by atoms with van der Waals surface area (Å²) >= 11 is 0. The van der Waals surface area contributed by atoms with Crippen molar-refractivity contribution in [2.45, 2.75) is 31.1 Å². The summed E-state index contributed by atoms with van der Waals surface area (Å²) in [5.41, 5.74) is 0.941. The number of amides is 2. The van der Waals surface area contributed by atoms with E-state index in [0.29, 0.717) is 50.6 Å². The lowest BCUT2D eigenvalue weighted by molar-refractivity contribution is 0.200. The molecule has 3 rings (SSSR count). The van der Waals surface area contributed by atoms with Crippen LogP contribution in [-0.2, 0) is 16.4 Å². The molecule has 0 saturated carbocycles. The summed E-state index contributed by atoms with van der Waals surface area (Å²) in [6.45, 7) is 4.95. The molecule has 0 radical (unpaired) electrons. The molecule has 0 atom stereocenters. The number of fused-ring (bicyclic) bond motifs is 1. The van der Waals surface area contributed by atoms with Gasteiger partial charge in [-0.25, -0.2) is 13.2 Å². The van der Waals surface area contributed by atoms with Gasteiger partial charge < -0.3 is 15.0 Å². The first-order valence-electron chi connectivity index (χ1n) is 8.81. The Bertz CT molecular complexity index is 735. The first kappa shape index (κ1) is 18.0. The fourth-order valence-corrected chi connectivity index (χ4v) is 4.67. The van der Waals surface area contributed by atoms with Crippen molar-refractivity contribution in [2.75, 3.05) is 39.3 Å². The molecule has 0 bridgehead atoms. The average molecular weight is 367 g/mol. The lowest BCUT2D eigenvalue weighted by Crippen LogP contribution is -2.42. The van der Waals surface area contributed by atoms with Crippen LogP contribution in [-0.4, -0.2) is 63.0 Å². The minimum absolute atomic E-state index is 0.115. The number of carbonyl (C=O) groups is 1. The van der Waals surface area contributed by atoms with Crippen LogP contribution in [0.5, 0.6) is 5.75 Å². The summed E-state index contributed by atoms with van der Waals surface area (Å²) in [5, 5.41) is 2.85. The fourth-order valence-electron chi connectivity index (χ4n) is 3.15. The monoisotopic (exact) mass is 367 g/mol. The predicted molar refractivity (Wildman–Crippen MR) is 94.3 cm³/mol. The van der Waals surface area contributed by atoms with Gasteiger partial charge in [-0.1, -0.05) is 6.92 Å². The zero-order valence-corrected chi connectivity index (χ0v) is 15.3. The standard InChI is InChI=1S/C17H25N3O4S/c1-2-7-18-17(21)19-8-3-9-20(11-10-19)25(22,23)15-4-5-16-14(13-15)6-12-24-16/h4-5,13H,2-3,6-12H2,1H3,(H,18,21). The van der Waals surface area contributed by atoms with Gasteiger partial charge in [0.15, 0.2) is 0 Å². The van der Waals surface area contributed by atoms with Crippen LogP contribution in [0.1, 0.15) is 25.3 Å². The Kier molecular flexibility index (Phi) is 5.48. The highest BCUT2D eigenvalue weighted by molar-refractivity contribution is 7.89. The molecule has 0 aliphatic carbocycles. The fraction of sp³-hybridized carbons (Fsp3) is 0.588. The maximum atomic E-state index is 13.0. The Hall–Kier alpha value is -1.80. The molecule has 8 heteroatoms. The minimum Gasteiger partial charge on any atom is -0.493 e. The van der Waals surface area contributed by atoms with Crippen LogP contribution in [0.15, 0.2) is 23.1 Å². The van der Waals surface area contributed by atoms with E-state index in [1.54, 1.807) is 23.1 Å². The SMILES string of the molecule is CCCNC(=O)N1CCCN(S(=O)(=O)c2ccc3c(c2)CCO3)CC1. The lowest BCUT2D eigenvalue weighted by atomic mass is 10.2. The predicted octanol–water partition coefficient (Wildman–Crippen LogP) is 1.44. The molecule has 2 heterocycles. The Morgan fingerprint density at radius 1 is 1.24 bits per heavy atom. The van der Waals surface area contributed by atoms with Gasteiger partial charge in [-0.2, -0.15) is 4.31 Å². The largest absolute Gasteiger partial charge is 0.493 e. The van der Waals surface area contributed by atoms with Gasteiger partial charge >= 0.3 is 6.03 Å². The highest BCUT2D eigenvalue weighted by atomic mass is 32.2. The van der Waals surface area contributed by atoms with Gasteiger partial charge in [-0.05, 0) is 36.6 Å². The summed E-state index contributed by atoms with van der Waals surface area (Å²) in [6, 6.07) is 4.94. The van der Waals surface area contributed by atoms with E-state index >= 15 is 0 Å². The summed E-state index contributed by atoms with van der Waals surface area (Å²) in [4.78, 5) is 14.1.